The molecule has 0 radical (unpaired) electrons. The molecule has 23 heavy (non-hydrogen) atoms. The molecule has 2 rings (SSSR count). The maximum absolute atomic E-state index is 12.1. The number of pyridine rings is 1. The van der Waals surface area contributed by atoms with Gasteiger partial charge in [0.25, 0.3) is 5.91 Å². The molecule has 0 saturated heterocycles. The first kappa shape index (κ1) is 16.9. The molecule has 1 amide bonds. The molecule has 3 N–H and O–H groups in total. The second kappa shape index (κ2) is 7.21. The van der Waals surface area contributed by atoms with Gasteiger partial charge in [0, 0.05) is 12.7 Å². The highest BCUT2D eigenvalue weighted by atomic mass is 32.2. The van der Waals surface area contributed by atoms with Crippen LogP contribution in [0.5, 0.6) is 5.88 Å². The van der Waals surface area contributed by atoms with Gasteiger partial charge >= 0.3 is 0 Å². The highest BCUT2D eigenvalue weighted by molar-refractivity contribution is 7.88. The van der Waals surface area contributed by atoms with Gasteiger partial charge in [-0.25, -0.2) is 18.5 Å². The molecule has 0 bridgehead atoms. The van der Waals surface area contributed by atoms with E-state index in [4.69, 9.17) is 9.88 Å². The van der Waals surface area contributed by atoms with Crippen LogP contribution in [0.2, 0.25) is 0 Å². The fourth-order valence-corrected chi connectivity index (χ4v) is 2.65. The third kappa shape index (κ3) is 5.04. The van der Waals surface area contributed by atoms with Crippen molar-refractivity contribution in [3.05, 3.63) is 59.3 Å². The Bertz CT molecular complexity index is 789. The molecule has 0 fully saturated rings. The average Bonchev–Trinajstić information content (AvgIpc) is 2.52. The van der Waals surface area contributed by atoms with E-state index in [1.165, 1.54) is 7.11 Å². The highest BCUT2D eigenvalue weighted by Crippen LogP contribution is 2.13. The zero-order valence-corrected chi connectivity index (χ0v) is 13.3. The molecule has 1 heterocycles. The molecule has 122 valence electrons. The molecule has 0 aliphatic heterocycles. The van der Waals surface area contributed by atoms with Crippen LogP contribution < -0.4 is 15.2 Å². The van der Waals surface area contributed by atoms with Crippen molar-refractivity contribution >= 4 is 15.9 Å². The van der Waals surface area contributed by atoms with Crippen LogP contribution in [0.15, 0.2) is 42.6 Å². The molecule has 7 nitrogen and oxygen atoms in total. The lowest BCUT2D eigenvalue weighted by Crippen LogP contribution is -2.23. The third-order valence-corrected chi connectivity index (χ3v) is 3.79. The van der Waals surface area contributed by atoms with Gasteiger partial charge in [-0.15, -0.1) is 0 Å². The minimum Gasteiger partial charge on any atom is -0.480 e. The number of amides is 1. The van der Waals surface area contributed by atoms with Gasteiger partial charge in [0.2, 0.25) is 15.9 Å². The predicted molar refractivity (Wildman–Crippen MR) is 85.2 cm³/mol. The summed E-state index contributed by atoms with van der Waals surface area (Å²) in [5.74, 6) is -0.260. The van der Waals surface area contributed by atoms with Crippen molar-refractivity contribution in [1.82, 2.24) is 10.3 Å². The second-order valence-electron chi connectivity index (χ2n) is 4.87. The fraction of sp³-hybridized carbons (Fsp3) is 0.200. The van der Waals surface area contributed by atoms with Crippen LogP contribution >= 0.6 is 0 Å². The smallest absolute Gasteiger partial charge is 0.257 e. The van der Waals surface area contributed by atoms with Crippen molar-refractivity contribution in [3.63, 3.8) is 0 Å². The normalized spacial score (nSPS) is 11.0. The van der Waals surface area contributed by atoms with Crippen LogP contribution in [0.3, 0.4) is 0 Å². The van der Waals surface area contributed by atoms with Crippen LogP contribution in [0, 0.1) is 0 Å². The van der Waals surface area contributed by atoms with Gasteiger partial charge in [0.15, 0.2) is 0 Å². The van der Waals surface area contributed by atoms with Gasteiger partial charge in [-0.2, -0.15) is 0 Å². The number of sulfonamides is 1. The van der Waals surface area contributed by atoms with Crippen molar-refractivity contribution < 1.29 is 17.9 Å². The third-order valence-electron chi connectivity index (χ3n) is 3.05. The highest BCUT2D eigenvalue weighted by Gasteiger charge is 2.12. The summed E-state index contributed by atoms with van der Waals surface area (Å²) in [6.07, 6.45) is 1.54. The van der Waals surface area contributed by atoms with E-state index in [9.17, 15) is 13.2 Å². The largest absolute Gasteiger partial charge is 0.480 e. The van der Waals surface area contributed by atoms with Crippen molar-refractivity contribution in [3.8, 4) is 5.88 Å². The summed E-state index contributed by atoms with van der Waals surface area (Å²) in [7, 11) is -2.10. The summed E-state index contributed by atoms with van der Waals surface area (Å²) in [5.41, 5.74) is 1.77. The Morgan fingerprint density at radius 1 is 1.22 bits per heavy atom. The summed E-state index contributed by atoms with van der Waals surface area (Å²) in [5, 5.41) is 7.75. The number of carbonyl (C=O) groups is 1. The van der Waals surface area contributed by atoms with E-state index < -0.39 is 10.0 Å². The Balaban J connectivity index is 1.99. The maximum atomic E-state index is 12.1. The number of primary sulfonamides is 1. The topological polar surface area (TPSA) is 111 Å². The average molecular weight is 335 g/mol. The summed E-state index contributed by atoms with van der Waals surface area (Å²) in [4.78, 5) is 16.1. The van der Waals surface area contributed by atoms with Crippen molar-refractivity contribution in [2.75, 3.05) is 7.11 Å². The first-order valence-electron chi connectivity index (χ1n) is 6.74. The van der Waals surface area contributed by atoms with E-state index in [-0.39, 0.29) is 17.5 Å². The minimum absolute atomic E-state index is 0.216. The molecule has 0 atom stereocenters. The molecule has 0 saturated carbocycles. The van der Waals surface area contributed by atoms with E-state index in [0.29, 0.717) is 17.7 Å². The molecule has 2 aromatic rings. The molecule has 1 aromatic carbocycles. The SMILES string of the molecule is COc1ncccc1C(=O)NCc1ccc(CS(N)(=O)=O)cc1. The number of nitrogens with one attached hydrogen (secondary N) is 1. The Morgan fingerprint density at radius 2 is 1.87 bits per heavy atom. The number of nitrogens with two attached hydrogens (primary N) is 1. The zero-order chi connectivity index (χ0) is 16.9. The van der Waals surface area contributed by atoms with E-state index in [1.807, 2.05) is 0 Å². The Hall–Kier alpha value is -2.45. The molecule has 0 spiro atoms. The van der Waals surface area contributed by atoms with Crippen LogP contribution in [-0.2, 0) is 22.3 Å². The summed E-state index contributed by atoms with van der Waals surface area (Å²) in [6.45, 7) is 0.298. The molecule has 0 unspecified atom stereocenters. The molecule has 8 heteroatoms. The number of hydrogen-bond donors (Lipinski definition) is 2. The number of ether oxygens (including phenoxy) is 1. The van der Waals surface area contributed by atoms with E-state index in [1.54, 1.807) is 42.6 Å². The van der Waals surface area contributed by atoms with Crippen LogP contribution in [-0.4, -0.2) is 26.4 Å². The monoisotopic (exact) mass is 335 g/mol. The number of nitrogens with zero attached hydrogens (tertiary/aromatic N) is 1. The van der Waals surface area contributed by atoms with E-state index >= 15 is 0 Å². The number of rotatable bonds is 6. The van der Waals surface area contributed by atoms with Crippen LogP contribution in [0.4, 0.5) is 0 Å². The predicted octanol–water partition coefficient (Wildman–Crippen LogP) is 0.809. The number of carbonyl (C=O) groups excluding carboxylic acids is 1. The van der Waals surface area contributed by atoms with Crippen LogP contribution in [0.25, 0.3) is 0 Å². The maximum Gasteiger partial charge on any atom is 0.257 e. The van der Waals surface area contributed by atoms with Gasteiger partial charge in [0.1, 0.15) is 5.56 Å². The first-order chi connectivity index (χ1) is 10.9. The lowest BCUT2D eigenvalue weighted by molar-refractivity contribution is 0.0947. The van der Waals surface area contributed by atoms with Gasteiger partial charge in [-0.05, 0) is 23.3 Å². The Kier molecular flexibility index (Phi) is 5.30. The lowest BCUT2D eigenvalue weighted by atomic mass is 10.1. The van der Waals surface area contributed by atoms with Crippen molar-refractivity contribution in [2.24, 2.45) is 5.14 Å². The number of benzene rings is 1. The summed E-state index contributed by atoms with van der Waals surface area (Å²) >= 11 is 0. The molecule has 0 aliphatic carbocycles. The molecular formula is C15H17N3O4S. The van der Waals surface area contributed by atoms with Gasteiger partial charge < -0.3 is 10.1 Å². The number of aromatic nitrogens is 1. The lowest BCUT2D eigenvalue weighted by Gasteiger charge is -2.08. The van der Waals surface area contributed by atoms with Crippen molar-refractivity contribution in [2.45, 2.75) is 12.3 Å². The Morgan fingerprint density at radius 3 is 2.48 bits per heavy atom. The second-order valence-corrected chi connectivity index (χ2v) is 6.48. The Labute approximate surface area is 134 Å². The van der Waals surface area contributed by atoms with E-state index in [0.717, 1.165) is 5.56 Å². The minimum atomic E-state index is -3.55. The fourth-order valence-electron chi connectivity index (χ4n) is 1.99. The molecule has 0 aliphatic rings. The summed E-state index contributed by atoms with van der Waals surface area (Å²) < 4.78 is 27.1. The zero-order valence-electron chi connectivity index (χ0n) is 12.5. The van der Waals surface area contributed by atoms with E-state index in [2.05, 4.69) is 10.3 Å². The van der Waals surface area contributed by atoms with Crippen LogP contribution in [0.1, 0.15) is 21.5 Å². The standard InChI is InChI=1S/C15H17N3O4S/c1-22-15-13(3-2-8-17-15)14(19)18-9-11-4-6-12(7-5-11)10-23(16,20)21/h2-8H,9-10H2,1H3,(H,18,19)(H2,16,20,21). The molecular weight excluding hydrogens is 318 g/mol. The van der Waals surface area contributed by atoms with Gasteiger partial charge in [-0.3, -0.25) is 4.79 Å². The number of hydrogen-bond acceptors (Lipinski definition) is 5. The van der Waals surface area contributed by atoms with Gasteiger partial charge in [0.05, 0.1) is 12.9 Å². The first-order valence-corrected chi connectivity index (χ1v) is 8.46. The summed E-state index contributed by atoms with van der Waals surface area (Å²) in [6, 6.07) is 10.1. The quantitative estimate of drug-likeness (QED) is 0.811. The van der Waals surface area contributed by atoms with Crippen molar-refractivity contribution in [1.29, 1.82) is 0 Å². The number of methoxy groups -OCH3 is 1. The molecule has 1 aromatic heterocycles. The van der Waals surface area contributed by atoms with Gasteiger partial charge in [-0.1, -0.05) is 24.3 Å².